The van der Waals surface area contributed by atoms with E-state index < -0.39 is 6.61 Å². The quantitative estimate of drug-likeness (QED) is 0.274. The molecule has 1 aromatic carbocycles. The molecule has 0 radical (unpaired) electrons. The van der Waals surface area contributed by atoms with Crippen LogP contribution < -0.4 is 10.6 Å². The van der Waals surface area contributed by atoms with Gasteiger partial charge in [0.25, 0.3) is 5.91 Å². The van der Waals surface area contributed by atoms with Gasteiger partial charge in [-0.15, -0.1) is 0 Å². The molecule has 212 valence electrons. The van der Waals surface area contributed by atoms with Gasteiger partial charge in [-0.1, -0.05) is 24.3 Å². The Kier molecular flexibility index (Phi) is 11.1. The molecule has 2 heterocycles. The molecule has 0 atom stereocenters. The number of carbonyl (C=O) groups is 1. The molecule has 0 spiro atoms. The van der Waals surface area contributed by atoms with Gasteiger partial charge < -0.3 is 25.2 Å². The fourth-order valence-electron chi connectivity index (χ4n) is 4.51. The summed E-state index contributed by atoms with van der Waals surface area (Å²) in [6.45, 7) is 1.54. The van der Waals surface area contributed by atoms with E-state index in [1.54, 1.807) is 6.21 Å². The lowest BCUT2D eigenvalue weighted by molar-refractivity contribution is -0.125. The fourth-order valence-corrected chi connectivity index (χ4v) is 4.51. The summed E-state index contributed by atoms with van der Waals surface area (Å²) in [6.07, 6.45) is 5.87. The van der Waals surface area contributed by atoms with Crippen molar-refractivity contribution in [3.05, 3.63) is 47.2 Å². The first-order valence-electron chi connectivity index (χ1n) is 13.4. The smallest absolute Gasteiger partial charge is 0.345 e. The normalized spacial score (nSPS) is 20.4. The van der Waals surface area contributed by atoms with Gasteiger partial charge in [0.1, 0.15) is 5.56 Å². The van der Waals surface area contributed by atoms with Crippen LogP contribution in [-0.2, 0) is 22.6 Å². The van der Waals surface area contributed by atoms with E-state index in [4.69, 9.17) is 4.74 Å². The predicted molar refractivity (Wildman–Crippen MR) is 142 cm³/mol. The fraction of sp³-hybridized carbons (Fsp3) is 0.556. The van der Waals surface area contributed by atoms with Crippen LogP contribution in [0.3, 0.4) is 0 Å². The standard InChI is InChI=1S/C27H36F2N6O4/c28-26(29)39-12-9-30-27-33-17-23(24(34-27)31-15-20-5-7-22(36)8-6-20)25(37)32-16-19-1-3-21(4-2-19)18-35-10-13-38-14-11-35/h1-4,15,17,20,22,26,36H,5-14,16,18H2,(H,32,37)(H,30,33,34)/b31-15-. The summed E-state index contributed by atoms with van der Waals surface area (Å²) in [4.78, 5) is 28.4. The number of carbonyl (C=O) groups excluding carboxylic acids is 1. The number of hydrogen-bond donors (Lipinski definition) is 3. The molecule has 2 aliphatic rings. The Labute approximate surface area is 226 Å². The average molecular weight is 547 g/mol. The summed E-state index contributed by atoms with van der Waals surface area (Å²) in [5.41, 5.74) is 2.37. The molecule has 2 aromatic rings. The second-order valence-electron chi connectivity index (χ2n) is 9.72. The highest BCUT2D eigenvalue weighted by Gasteiger charge is 2.19. The molecule has 10 nitrogen and oxygen atoms in total. The maximum atomic E-state index is 13.1. The van der Waals surface area contributed by atoms with Crippen LogP contribution in [-0.4, -0.2) is 84.3 Å². The van der Waals surface area contributed by atoms with Crippen LogP contribution in [0.25, 0.3) is 0 Å². The van der Waals surface area contributed by atoms with Crippen molar-refractivity contribution in [2.75, 3.05) is 44.8 Å². The zero-order chi connectivity index (χ0) is 27.5. The summed E-state index contributed by atoms with van der Waals surface area (Å²) >= 11 is 0. The van der Waals surface area contributed by atoms with Gasteiger partial charge in [0.15, 0.2) is 5.82 Å². The predicted octanol–water partition coefficient (Wildman–Crippen LogP) is 3.14. The number of aliphatic imine (C=N–C) groups is 1. The van der Waals surface area contributed by atoms with Crippen molar-refractivity contribution in [3.8, 4) is 0 Å². The number of aliphatic hydroxyl groups is 1. The zero-order valence-electron chi connectivity index (χ0n) is 21.9. The Morgan fingerprint density at radius 1 is 1.18 bits per heavy atom. The summed E-state index contributed by atoms with van der Waals surface area (Å²) in [5.74, 6) is 0.149. The molecule has 2 fully saturated rings. The molecule has 1 aliphatic carbocycles. The van der Waals surface area contributed by atoms with Crippen LogP contribution in [0.5, 0.6) is 0 Å². The van der Waals surface area contributed by atoms with Gasteiger partial charge in [-0.05, 0) is 42.7 Å². The number of alkyl halides is 2. The molecule has 39 heavy (non-hydrogen) atoms. The second-order valence-corrected chi connectivity index (χ2v) is 9.72. The lowest BCUT2D eigenvalue weighted by Crippen LogP contribution is -2.35. The third kappa shape index (κ3) is 9.57. The maximum absolute atomic E-state index is 13.1. The largest absolute Gasteiger partial charge is 0.393 e. The van der Waals surface area contributed by atoms with Crippen LogP contribution in [0.2, 0.25) is 0 Å². The van der Waals surface area contributed by atoms with E-state index in [0.29, 0.717) is 19.4 Å². The molecule has 0 unspecified atom stereocenters. The number of hydrogen-bond acceptors (Lipinski definition) is 9. The van der Waals surface area contributed by atoms with Gasteiger partial charge in [-0.25, -0.2) is 9.98 Å². The van der Waals surface area contributed by atoms with Crippen molar-refractivity contribution in [2.45, 2.75) is 51.5 Å². The molecule has 1 aliphatic heterocycles. The number of anilines is 1. The number of rotatable bonds is 12. The van der Waals surface area contributed by atoms with E-state index in [-0.39, 0.29) is 48.4 Å². The molecule has 1 saturated carbocycles. The Balaban J connectivity index is 1.38. The minimum absolute atomic E-state index is 0.0705. The van der Waals surface area contributed by atoms with Crippen molar-refractivity contribution in [2.24, 2.45) is 10.9 Å². The number of benzene rings is 1. The average Bonchev–Trinajstić information content (AvgIpc) is 2.95. The number of amides is 1. The molecule has 1 amide bonds. The summed E-state index contributed by atoms with van der Waals surface area (Å²) in [7, 11) is 0. The lowest BCUT2D eigenvalue weighted by Gasteiger charge is -2.26. The molecule has 4 rings (SSSR count). The van der Waals surface area contributed by atoms with Crippen molar-refractivity contribution >= 4 is 23.9 Å². The minimum Gasteiger partial charge on any atom is -0.393 e. The Morgan fingerprint density at radius 3 is 2.62 bits per heavy atom. The maximum Gasteiger partial charge on any atom is 0.345 e. The third-order valence-corrected chi connectivity index (χ3v) is 6.78. The van der Waals surface area contributed by atoms with Gasteiger partial charge in [0.05, 0.1) is 25.9 Å². The minimum atomic E-state index is -2.85. The molecule has 1 aromatic heterocycles. The van der Waals surface area contributed by atoms with E-state index in [2.05, 4.69) is 47.4 Å². The topological polar surface area (TPSA) is 121 Å². The first-order chi connectivity index (χ1) is 19.0. The van der Waals surface area contributed by atoms with E-state index in [9.17, 15) is 18.7 Å². The summed E-state index contributed by atoms with van der Waals surface area (Å²) < 4.78 is 34.1. The van der Waals surface area contributed by atoms with Crippen molar-refractivity contribution in [3.63, 3.8) is 0 Å². The van der Waals surface area contributed by atoms with Crippen molar-refractivity contribution < 1.29 is 28.2 Å². The number of ether oxygens (including phenoxy) is 2. The number of morpholine rings is 1. The SMILES string of the molecule is O=C(NCc1ccc(CN2CCOCC2)cc1)c1cnc(NCCOC(F)F)nc1/N=C\C1CCC(O)CC1. The third-order valence-electron chi connectivity index (χ3n) is 6.78. The van der Waals surface area contributed by atoms with Crippen LogP contribution in [0, 0.1) is 5.92 Å². The lowest BCUT2D eigenvalue weighted by atomic mass is 9.88. The van der Waals surface area contributed by atoms with Gasteiger partial charge in [-0.3, -0.25) is 9.69 Å². The zero-order valence-corrected chi connectivity index (χ0v) is 21.9. The highest BCUT2D eigenvalue weighted by atomic mass is 19.3. The number of halogens is 2. The van der Waals surface area contributed by atoms with Gasteiger partial charge in [0, 0.05) is 45.1 Å². The number of nitrogens with one attached hydrogen (secondary N) is 2. The van der Waals surface area contributed by atoms with Gasteiger partial charge in [-0.2, -0.15) is 13.8 Å². The van der Waals surface area contributed by atoms with E-state index in [0.717, 1.165) is 51.3 Å². The number of aliphatic hydroxyl groups excluding tert-OH is 1. The first-order valence-corrected chi connectivity index (χ1v) is 13.4. The summed E-state index contributed by atoms with van der Waals surface area (Å²) in [5, 5.41) is 15.5. The molecule has 1 saturated heterocycles. The molecular weight excluding hydrogens is 510 g/mol. The molecular formula is C27H36F2N6O4. The van der Waals surface area contributed by atoms with Crippen LogP contribution >= 0.6 is 0 Å². The second kappa shape index (κ2) is 14.9. The molecule has 0 bridgehead atoms. The van der Waals surface area contributed by atoms with Crippen LogP contribution in [0.15, 0.2) is 35.5 Å². The van der Waals surface area contributed by atoms with Crippen LogP contribution in [0.1, 0.15) is 47.2 Å². The van der Waals surface area contributed by atoms with Crippen LogP contribution in [0.4, 0.5) is 20.5 Å². The Hall–Kier alpha value is -3.06. The van der Waals surface area contributed by atoms with E-state index in [1.807, 2.05) is 12.1 Å². The van der Waals surface area contributed by atoms with Crippen molar-refractivity contribution in [1.82, 2.24) is 20.2 Å². The summed E-state index contributed by atoms with van der Waals surface area (Å²) in [6, 6.07) is 8.12. The Bertz CT molecular complexity index is 1070. The molecule has 3 N–H and O–H groups in total. The highest BCUT2D eigenvalue weighted by Crippen LogP contribution is 2.24. The number of aromatic nitrogens is 2. The van der Waals surface area contributed by atoms with Crippen molar-refractivity contribution in [1.29, 1.82) is 0 Å². The Morgan fingerprint density at radius 2 is 1.90 bits per heavy atom. The number of nitrogens with zero attached hydrogens (tertiary/aromatic N) is 4. The highest BCUT2D eigenvalue weighted by molar-refractivity contribution is 5.98. The first kappa shape index (κ1) is 28.9. The van der Waals surface area contributed by atoms with E-state index in [1.165, 1.54) is 11.8 Å². The molecule has 12 heteroatoms. The van der Waals surface area contributed by atoms with Gasteiger partial charge >= 0.3 is 6.61 Å². The monoisotopic (exact) mass is 546 g/mol. The van der Waals surface area contributed by atoms with Gasteiger partial charge in [0.2, 0.25) is 5.95 Å². The van der Waals surface area contributed by atoms with E-state index >= 15 is 0 Å².